The van der Waals surface area contributed by atoms with Crippen LogP contribution in [-0.2, 0) is 4.74 Å². The van der Waals surface area contributed by atoms with E-state index in [9.17, 15) is 5.11 Å². The highest BCUT2D eigenvalue weighted by molar-refractivity contribution is 14.0. The van der Waals surface area contributed by atoms with Crippen LogP contribution in [0.3, 0.4) is 0 Å². The minimum atomic E-state index is -0.493. The minimum Gasteiger partial charge on any atom is -0.389 e. The summed E-state index contributed by atoms with van der Waals surface area (Å²) in [5, 5.41) is 13.4. The van der Waals surface area contributed by atoms with E-state index in [2.05, 4.69) is 22.1 Å². The number of aliphatic hydroxyl groups excluding tert-OH is 1. The Labute approximate surface area is 157 Å². The standard InChI is InChI=1S/C17H31N3O2.HI/c1-2-18-16(20-9-8-17(13-20)6-3-7-17)19-10-15(21)12-22-11-14-4-5-14;/h14-15,21H,2-13H2,1H3,(H,18,19);1H. The molecule has 0 aromatic rings. The Bertz CT molecular complexity index is 397. The predicted octanol–water partition coefficient (Wildman–Crippen LogP) is 2.23. The molecule has 1 saturated heterocycles. The molecule has 1 spiro atoms. The van der Waals surface area contributed by atoms with Crippen molar-refractivity contribution in [3.8, 4) is 0 Å². The fraction of sp³-hybridized carbons (Fsp3) is 0.941. The third kappa shape index (κ3) is 5.46. The maximum absolute atomic E-state index is 10.0. The molecular formula is C17H32IN3O2. The van der Waals surface area contributed by atoms with Gasteiger partial charge in [0.1, 0.15) is 0 Å². The van der Waals surface area contributed by atoms with Gasteiger partial charge in [-0.1, -0.05) is 6.42 Å². The summed E-state index contributed by atoms with van der Waals surface area (Å²) in [6, 6.07) is 0. The molecule has 5 nitrogen and oxygen atoms in total. The van der Waals surface area contributed by atoms with Gasteiger partial charge in [-0.3, -0.25) is 4.99 Å². The van der Waals surface area contributed by atoms with Crippen molar-refractivity contribution in [1.82, 2.24) is 10.2 Å². The molecule has 2 saturated carbocycles. The van der Waals surface area contributed by atoms with Gasteiger partial charge in [-0.2, -0.15) is 0 Å². The molecule has 2 N–H and O–H groups in total. The van der Waals surface area contributed by atoms with E-state index in [0.29, 0.717) is 18.6 Å². The van der Waals surface area contributed by atoms with E-state index in [0.717, 1.165) is 38.1 Å². The second-order valence-electron chi connectivity index (χ2n) is 7.35. The van der Waals surface area contributed by atoms with Crippen molar-refractivity contribution in [2.75, 3.05) is 39.4 Å². The first kappa shape index (κ1) is 19.2. The van der Waals surface area contributed by atoms with Gasteiger partial charge in [-0.15, -0.1) is 24.0 Å². The topological polar surface area (TPSA) is 57.1 Å². The second-order valence-corrected chi connectivity index (χ2v) is 7.35. The van der Waals surface area contributed by atoms with Crippen molar-refractivity contribution in [2.24, 2.45) is 16.3 Å². The Morgan fingerprint density at radius 2 is 2.17 bits per heavy atom. The second kappa shape index (κ2) is 8.85. The molecule has 3 fully saturated rings. The fourth-order valence-corrected chi connectivity index (χ4v) is 3.53. The van der Waals surface area contributed by atoms with Crippen LogP contribution in [0.15, 0.2) is 4.99 Å². The van der Waals surface area contributed by atoms with E-state index in [1.54, 1.807) is 0 Å². The van der Waals surface area contributed by atoms with Crippen molar-refractivity contribution in [2.45, 2.75) is 51.6 Å². The molecule has 0 bridgehead atoms. The Hall–Kier alpha value is -0.0800. The number of halogens is 1. The van der Waals surface area contributed by atoms with E-state index in [-0.39, 0.29) is 24.0 Å². The van der Waals surface area contributed by atoms with Gasteiger partial charge in [-0.25, -0.2) is 0 Å². The molecule has 0 aromatic carbocycles. The van der Waals surface area contributed by atoms with E-state index in [1.807, 2.05) is 0 Å². The number of hydrogen-bond acceptors (Lipinski definition) is 3. The van der Waals surface area contributed by atoms with Crippen molar-refractivity contribution in [3.63, 3.8) is 0 Å². The molecule has 3 aliphatic rings. The maximum atomic E-state index is 10.0. The van der Waals surface area contributed by atoms with Crippen molar-refractivity contribution >= 4 is 29.9 Å². The maximum Gasteiger partial charge on any atom is 0.194 e. The number of nitrogens with zero attached hydrogens (tertiary/aromatic N) is 2. The summed E-state index contributed by atoms with van der Waals surface area (Å²) in [5.41, 5.74) is 0.572. The van der Waals surface area contributed by atoms with Gasteiger partial charge in [0.15, 0.2) is 5.96 Å². The molecule has 0 amide bonds. The Balaban J connectivity index is 0.00000192. The Morgan fingerprint density at radius 1 is 1.39 bits per heavy atom. The Morgan fingerprint density at radius 3 is 2.74 bits per heavy atom. The summed E-state index contributed by atoms with van der Waals surface area (Å²) in [4.78, 5) is 7.01. The zero-order valence-corrected chi connectivity index (χ0v) is 16.6. The summed E-state index contributed by atoms with van der Waals surface area (Å²) in [5.74, 6) is 1.71. The number of guanidine groups is 1. The molecule has 1 unspecified atom stereocenters. The predicted molar refractivity (Wildman–Crippen MR) is 103 cm³/mol. The normalized spacial score (nSPS) is 24.3. The smallest absolute Gasteiger partial charge is 0.194 e. The summed E-state index contributed by atoms with van der Waals surface area (Å²) >= 11 is 0. The molecule has 2 aliphatic carbocycles. The quantitative estimate of drug-likeness (QED) is 0.365. The molecule has 0 radical (unpaired) electrons. The molecular weight excluding hydrogens is 405 g/mol. The van der Waals surface area contributed by atoms with E-state index >= 15 is 0 Å². The highest BCUT2D eigenvalue weighted by atomic mass is 127. The summed E-state index contributed by atoms with van der Waals surface area (Å²) in [6.45, 7) is 6.83. The molecule has 1 heterocycles. The Kier molecular flexibility index (Phi) is 7.41. The van der Waals surface area contributed by atoms with Crippen molar-refractivity contribution < 1.29 is 9.84 Å². The van der Waals surface area contributed by atoms with Gasteiger partial charge in [-0.05, 0) is 50.4 Å². The summed E-state index contributed by atoms with van der Waals surface area (Å²) < 4.78 is 5.54. The van der Waals surface area contributed by atoms with Crippen LogP contribution < -0.4 is 5.32 Å². The lowest BCUT2D eigenvalue weighted by Gasteiger charge is -2.38. The molecule has 23 heavy (non-hydrogen) atoms. The third-order valence-electron chi connectivity index (χ3n) is 5.30. The van der Waals surface area contributed by atoms with Gasteiger partial charge in [0.25, 0.3) is 0 Å². The number of nitrogens with one attached hydrogen (secondary N) is 1. The highest BCUT2D eigenvalue weighted by Crippen LogP contribution is 2.47. The SMILES string of the molecule is CCNC(=NCC(O)COCC1CC1)N1CCC2(CCC2)C1.I. The average molecular weight is 437 g/mol. The average Bonchev–Trinajstić information content (AvgIpc) is 3.17. The molecule has 1 atom stereocenters. The lowest BCUT2D eigenvalue weighted by atomic mass is 9.68. The number of likely N-dealkylation sites (tertiary alicyclic amines) is 1. The number of rotatable bonds is 7. The van der Waals surface area contributed by atoms with E-state index in [4.69, 9.17) is 4.74 Å². The zero-order chi connectivity index (χ0) is 15.4. The van der Waals surface area contributed by atoms with Gasteiger partial charge in [0, 0.05) is 26.2 Å². The molecule has 134 valence electrons. The van der Waals surface area contributed by atoms with Crippen LogP contribution in [0, 0.1) is 11.3 Å². The lowest BCUT2D eigenvalue weighted by Crippen LogP contribution is -2.43. The van der Waals surface area contributed by atoms with Gasteiger partial charge < -0.3 is 20.1 Å². The number of ether oxygens (including phenoxy) is 1. The van der Waals surface area contributed by atoms with Crippen LogP contribution in [0.25, 0.3) is 0 Å². The van der Waals surface area contributed by atoms with Gasteiger partial charge in [0.2, 0.25) is 0 Å². The first-order valence-electron chi connectivity index (χ1n) is 9.00. The zero-order valence-electron chi connectivity index (χ0n) is 14.3. The highest BCUT2D eigenvalue weighted by Gasteiger charge is 2.43. The largest absolute Gasteiger partial charge is 0.389 e. The monoisotopic (exact) mass is 437 g/mol. The van der Waals surface area contributed by atoms with Crippen LogP contribution in [-0.4, -0.2) is 61.5 Å². The van der Waals surface area contributed by atoms with Gasteiger partial charge in [0.05, 0.1) is 19.3 Å². The first-order valence-corrected chi connectivity index (χ1v) is 9.00. The van der Waals surface area contributed by atoms with Crippen molar-refractivity contribution in [1.29, 1.82) is 0 Å². The van der Waals surface area contributed by atoms with Crippen molar-refractivity contribution in [3.05, 3.63) is 0 Å². The van der Waals surface area contributed by atoms with E-state index < -0.39 is 6.10 Å². The van der Waals surface area contributed by atoms with E-state index in [1.165, 1.54) is 38.5 Å². The van der Waals surface area contributed by atoms with Crippen LogP contribution in [0.1, 0.15) is 45.4 Å². The van der Waals surface area contributed by atoms with Crippen LogP contribution in [0.2, 0.25) is 0 Å². The first-order chi connectivity index (χ1) is 10.7. The number of hydrogen-bond donors (Lipinski definition) is 2. The minimum absolute atomic E-state index is 0. The van der Waals surface area contributed by atoms with Crippen LogP contribution >= 0.6 is 24.0 Å². The van der Waals surface area contributed by atoms with Crippen LogP contribution in [0.5, 0.6) is 0 Å². The summed E-state index contributed by atoms with van der Waals surface area (Å²) in [6.07, 6.45) is 7.52. The number of aliphatic hydroxyl groups is 1. The third-order valence-corrected chi connectivity index (χ3v) is 5.30. The molecule has 6 heteroatoms. The molecule has 0 aromatic heterocycles. The number of aliphatic imine (C=N–C) groups is 1. The van der Waals surface area contributed by atoms with Crippen LogP contribution in [0.4, 0.5) is 0 Å². The molecule has 1 aliphatic heterocycles. The molecule has 3 rings (SSSR count). The summed E-state index contributed by atoms with van der Waals surface area (Å²) in [7, 11) is 0. The lowest BCUT2D eigenvalue weighted by molar-refractivity contribution is 0.0367. The van der Waals surface area contributed by atoms with Gasteiger partial charge >= 0.3 is 0 Å². The fourth-order valence-electron chi connectivity index (χ4n) is 3.53.